The van der Waals surface area contributed by atoms with Gasteiger partial charge in [-0.25, -0.2) is 4.79 Å². The van der Waals surface area contributed by atoms with Crippen molar-refractivity contribution in [3.8, 4) is 0 Å². The van der Waals surface area contributed by atoms with Gasteiger partial charge >= 0.3 is 6.09 Å². The van der Waals surface area contributed by atoms with Gasteiger partial charge in [-0.05, 0) is 32.0 Å². The number of nitrogens with zero attached hydrogens (tertiary/aromatic N) is 1. The molecule has 1 amide bonds. The van der Waals surface area contributed by atoms with E-state index in [1.165, 1.54) is 0 Å². The van der Waals surface area contributed by atoms with E-state index in [4.69, 9.17) is 22.1 Å². The quantitative estimate of drug-likeness (QED) is 0.901. The summed E-state index contributed by atoms with van der Waals surface area (Å²) in [6, 6.07) is 7.23. The maximum absolute atomic E-state index is 11.8. The number of carbonyl (C=O) groups excluding carboxylic acids is 1. The molecule has 0 spiro atoms. The fraction of sp³-hybridized carbons (Fsp3) is 0.417. The topological polar surface area (TPSA) is 55.6 Å². The van der Waals surface area contributed by atoms with E-state index in [9.17, 15) is 4.79 Å². The Kier molecular flexibility index (Phi) is 3.26. The first-order valence-electron chi connectivity index (χ1n) is 5.50. The average molecular weight is 255 g/mol. The monoisotopic (exact) mass is 254 g/mol. The zero-order chi connectivity index (χ0) is 12.5. The molecule has 1 aliphatic heterocycles. The van der Waals surface area contributed by atoms with Crippen molar-refractivity contribution in [3.05, 3.63) is 29.3 Å². The molecule has 1 fully saturated rings. The summed E-state index contributed by atoms with van der Waals surface area (Å²) in [5.41, 5.74) is 5.84. The number of cyclic esters (lactones) is 1. The van der Waals surface area contributed by atoms with E-state index in [0.717, 1.165) is 0 Å². The van der Waals surface area contributed by atoms with Crippen LogP contribution in [0.4, 0.5) is 10.5 Å². The third-order valence-corrected chi connectivity index (χ3v) is 3.32. The predicted molar refractivity (Wildman–Crippen MR) is 67.4 cm³/mol. The normalized spacial score (nSPS) is 23.9. The van der Waals surface area contributed by atoms with Crippen LogP contribution >= 0.6 is 11.6 Å². The van der Waals surface area contributed by atoms with Gasteiger partial charge in [0, 0.05) is 0 Å². The minimum Gasteiger partial charge on any atom is -0.447 e. The highest BCUT2D eigenvalue weighted by Crippen LogP contribution is 2.36. The summed E-state index contributed by atoms with van der Waals surface area (Å²) in [5, 5.41) is 0.537. The maximum Gasteiger partial charge on any atom is 0.415 e. The summed E-state index contributed by atoms with van der Waals surface area (Å²) in [6.45, 7) is 2.79. The Morgan fingerprint density at radius 2 is 2.24 bits per heavy atom. The first-order chi connectivity index (χ1) is 8.08. The highest BCUT2D eigenvalue weighted by molar-refractivity contribution is 6.33. The summed E-state index contributed by atoms with van der Waals surface area (Å²) < 4.78 is 5.12. The predicted octanol–water partition coefficient (Wildman–Crippen LogP) is 2.40. The van der Waals surface area contributed by atoms with Gasteiger partial charge in [0.1, 0.15) is 6.61 Å². The molecule has 0 bridgehead atoms. The molecule has 1 saturated heterocycles. The highest BCUT2D eigenvalue weighted by atomic mass is 35.5. The number of amides is 1. The fourth-order valence-electron chi connectivity index (χ4n) is 2.08. The number of ether oxygens (including phenoxy) is 1. The van der Waals surface area contributed by atoms with Crippen LogP contribution in [0, 0.1) is 0 Å². The number of para-hydroxylation sites is 1. The Morgan fingerprint density at radius 1 is 1.53 bits per heavy atom. The zero-order valence-electron chi connectivity index (χ0n) is 9.65. The van der Waals surface area contributed by atoms with Gasteiger partial charge in [0.15, 0.2) is 0 Å². The summed E-state index contributed by atoms with van der Waals surface area (Å²) >= 11 is 6.12. The number of halogens is 1. The fourth-order valence-corrected chi connectivity index (χ4v) is 2.30. The van der Waals surface area contributed by atoms with Crippen molar-refractivity contribution in [2.45, 2.75) is 18.9 Å². The van der Waals surface area contributed by atoms with Crippen LogP contribution in [0.2, 0.25) is 5.02 Å². The number of anilines is 1. The molecule has 5 heteroatoms. The van der Waals surface area contributed by atoms with E-state index < -0.39 is 5.54 Å². The van der Waals surface area contributed by atoms with E-state index in [1.54, 1.807) is 11.0 Å². The van der Waals surface area contributed by atoms with Gasteiger partial charge in [-0.1, -0.05) is 23.7 Å². The van der Waals surface area contributed by atoms with Crippen molar-refractivity contribution >= 4 is 23.4 Å². The van der Waals surface area contributed by atoms with Crippen molar-refractivity contribution < 1.29 is 9.53 Å². The summed E-state index contributed by atoms with van der Waals surface area (Å²) in [5.74, 6) is 0. The van der Waals surface area contributed by atoms with Gasteiger partial charge in [0.2, 0.25) is 0 Å². The van der Waals surface area contributed by atoms with Crippen LogP contribution in [-0.4, -0.2) is 24.8 Å². The second-order valence-corrected chi connectivity index (χ2v) is 4.78. The number of hydrogen-bond donors (Lipinski definition) is 1. The molecule has 4 nitrogen and oxygen atoms in total. The lowest BCUT2D eigenvalue weighted by molar-refractivity contribution is 0.173. The van der Waals surface area contributed by atoms with Crippen molar-refractivity contribution in [1.29, 1.82) is 0 Å². The second kappa shape index (κ2) is 4.55. The number of nitrogens with two attached hydrogens (primary N) is 1. The maximum atomic E-state index is 11.8. The Balaban J connectivity index is 2.41. The molecule has 0 aromatic heterocycles. The molecule has 1 heterocycles. The largest absolute Gasteiger partial charge is 0.447 e. The second-order valence-electron chi connectivity index (χ2n) is 4.38. The van der Waals surface area contributed by atoms with Gasteiger partial charge in [-0.2, -0.15) is 0 Å². The summed E-state index contributed by atoms with van der Waals surface area (Å²) in [6.07, 6.45) is 0.304. The highest BCUT2D eigenvalue weighted by Gasteiger charge is 2.44. The molecule has 17 heavy (non-hydrogen) atoms. The van der Waals surface area contributed by atoms with Crippen LogP contribution in [0.5, 0.6) is 0 Å². The molecule has 1 aromatic carbocycles. The Morgan fingerprint density at radius 3 is 2.88 bits per heavy atom. The van der Waals surface area contributed by atoms with Crippen LogP contribution in [0.15, 0.2) is 24.3 Å². The van der Waals surface area contributed by atoms with Crippen molar-refractivity contribution in [2.75, 3.05) is 18.1 Å². The lowest BCUT2D eigenvalue weighted by atomic mass is 9.97. The van der Waals surface area contributed by atoms with Crippen LogP contribution in [0.1, 0.15) is 13.3 Å². The van der Waals surface area contributed by atoms with Gasteiger partial charge in [-0.15, -0.1) is 0 Å². The number of hydrogen-bond acceptors (Lipinski definition) is 3. The van der Waals surface area contributed by atoms with Crippen LogP contribution in [0.25, 0.3) is 0 Å². The molecule has 2 rings (SSSR count). The molecule has 1 atom stereocenters. The Hall–Kier alpha value is -1.26. The summed E-state index contributed by atoms with van der Waals surface area (Å²) in [7, 11) is 0. The SMILES string of the molecule is CC1(CCN)COC(=O)N1c1ccccc1Cl. The van der Waals surface area contributed by atoms with Gasteiger partial charge in [-0.3, -0.25) is 4.90 Å². The standard InChI is InChI=1S/C12H15ClN2O2/c1-12(6-7-14)8-17-11(16)15(12)10-5-3-2-4-9(10)13/h2-5H,6-8,14H2,1H3. The van der Waals surface area contributed by atoms with Crippen LogP contribution in [0.3, 0.4) is 0 Å². The van der Waals surface area contributed by atoms with Crippen LogP contribution in [-0.2, 0) is 4.74 Å². The van der Waals surface area contributed by atoms with Gasteiger partial charge in [0.05, 0.1) is 16.2 Å². The minimum absolute atomic E-state index is 0.342. The minimum atomic E-state index is -0.420. The zero-order valence-corrected chi connectivity index (χ0v) is 10.4. The molecular weight excluding hydrogens is 240 g/mol. The van der Waals surface area contributed by atoms with E-state index in [-0.39, 0.29) is 6.09 Å². The lowest BCUT2D eigenvalue weighted by Crippen LogP contribution is -2.46. The molecule has 0 aliphatic carbocycles. The van der Waals surface area contributed by atoms with E-state index >= 15 is 0 Å². The molecule has 0 radical (unpaired) electrons. The molecule has 1 aliphatic rings. The van der Waals surface area contributed by atoms with Crippen molar-refractivity contribution in [1.82, 2.24) is 0 Å². The van der Waals surface area contributed by atoms with E-state index in [2.05, 4.69) is 0 Å². The van der Waals surface area contributed by atoms with Gasteiger partial charge in [0.25, 0.3) is 0 Å². The average Bonchev–Trinajstić information content (AvgIpc) is 2.57. The number of benzene rings is 1. The van der Waals surface area contributed by atoms with Crippen LogP contribution < -0.4 is 10.6 Å². The Labute approximate surface area is 105 Å². The molecule has 92 valence electrons. The number of carbonyl (C=O) groups is 1. The molecule has 2 N–H and O–H groups in total. The molecule has 0 saturated carbocycles. The molecular formula is C12H15ClN2O2. The third kappa shape index (κ3) is 2.10. The molecule has 1 unspecified atom stereocenters. The van der Waals surface area contributed by atoms with E-state index in [1.807, 2.05) is 25.1 Å². The first kappa shape index (κ1) is 12.2. The third-order valence-electron chi connectivity index (χ3n) is 3.01. The summed E-state index contributed by atoms with van der Waals surface area (Å²) in [4.78, 5) is 13.4. The lowest BCUT2D eigenvalue weighted by Gasteiger charge is -2.32. The smallest absolute Gasteiger partial charge is 0.415 e. The Bertz CT molecular complexity index is 438. The molecule has 1 aromatic rings. The van der Waals surface area contributed by atoms with E-state index in [0.29, 0.717) is 30.3 Å². The van der Waals surface area contributed by atoms with Gasteiger partial charge < -0.3 is 10.5 Å². The van der Waals surface area contributed by atoms with Crippen molar-refractivity contribution in [3.63, 3.8) is 0 Å². The number of rotatable bonds is 3. The first-order valence-corrected chi connectivity index (χ1v) is 5.88. The van der Waals surface area contributed by atoms with Crippen molar-refractivity contribution in [2.24, 2.45) is 5.73 Å².